The molecular weight excluding hydrogens is 420 g/mol. The molecule has 0 aliphatic rings. The minimum atomic E-state index is -0.403. The van der Waals surface area contributed by atoms with E-state index in [1.807, 2.05) is 43.3 Å². The Balaban J connectivity index is 1.80. The molecule has 2 N–H and O–H groups in total. The lowest BCUT2D eigenvalue weighted by molar-refractivity contribution is -0.118. The summed E-state index contributed by atoms with van der Waals surface area (Å²) in [5.41, 5.74) is 2.47. The Morgan fingerprint density at radius 1 is 1.04 bits per heavy atom. The van der Waals surface area contributed by atoms with E-state index >= 15 is 0 Å². The molecule has 3 aromatic rings. The zero-order valence-electron chi connectivity index (χ0n) is 15.2. The summed E-state index contributed by atoms with van der Waals surface area (Å²) in [5.74, 6) is -0.127. The van der Waals surface area contributed by atoms with E-state index in [1.165, 1.54) is 0 Å². The van der Waals surface area contributed by atoms with E-state index in [0.29, 0.717) is 11.3 Å². The number of carbonyl (C=O) groups is 2. The summed E-state index contributed by atoms with van der Waals surface area (Å²) in [6, 6.07) is 18.1. The second-order valence-corrected chi connectivity index (χ2v) is 7.11. The van der Waals surface area contributed by atoms with Gasteiger partial charge in [-0.3, -0.25) is 9.59 Å². The van der Waals surface area contributed by atoms with E-state index in [1.54, 1.807) is 36.6 Å². The summed E-state index contributed by atoms with van der Waals surface area (Å²) in [6.07, 6.45) is 3.18. The van der Waals surface area contributed by atoms with Gasteiger partial charge in [0.1, 0.15) is 11.5 Å². The van der Waals surface area contributed by atoms with Gasteiger partial charge in [0, 0.05) is 10.0 Å². The van der Waals surface area contributed by atoms with Crippen molar-refractivity contribution in [3.8, 4) is 0 Å². The SMILES string of the molecule is Cc1ccc(C(=O)NC(=Cc2ccc(Br)cc2)C(=O)NCc2ccco2)cc1. The lowest BCUT2D eigenvalue weighted by Crippen LogP contribution is -2.34. The number of benzene rings is 2. The Labute approximate surface area is 171 Å². The molecule has 2 amide bonds. The molecule has 6 heteroatoms. The first-order valence-corrected chi connectivity index (χ1v) is 9.46. The van der Waals surface area contributed by atoms with Crippen molar-refractivity contribution >= 4 is 33.8 Å². The average molecular weight is 439 g/mol. The van der Waals surface area contributed by atoms with Crippen molar-refractivity contribution in [3.05, 3.63) is 99.5 Å². The van der Waals surface area contributed by atoms with Crippen molar-refractivity contribution in [3.63, 3.8) is 0 Å². The fourth-order valence-corrected chi connectivity index (χ4v) is 2.72. The second kappa shape index (κ2) is 9.19. The highest BCUT2D eigenvalue weighted by Crippen LogP contribution is 2.13. The molecule has 0 spiro atoms. The summed E-state index contributed by atoms with van der Waals surface area (Å²) in [6.45, 7) is 2.17. The molecule has 0 fully saturated rings. The van der Waals surface area contributed by atoms with E-state index in [4.69, 9.17) is 4.42 Å². The second-order valence-electron chi connectivity index (χ2n) is 6.19. The molecule has 0 aliphatic carbocycles. The van der Waals surface area contributed by atoms with Gasteiger partial charge in [0.25, 0.3) is 11.8 Å². The molecule has 1 heterocycles. The van der Waals surface area contributed by atoms with Crippen LogP contribution in [0, 0.1) is 6.92 Å². The van der Waals surface area contributed by atoms with Gasteiger partial charge in [-0.15, -0.1) is 0 Å². The predicted octanol–water partition coefficient (Wildman–Crippen LogP) is 4.44. The lowest BCUT2D eigenvalue weighted by atomic mass is 10.1. The van der Waals surface area contributed by atoms with Crippen LogP contribution in [0.25, 0.3) is 6.08 Å². The molecule has 3 rings (SSSR count). The summed E-state index contributed by atoms with van der Waals surface area (Å²) >= 11 is 3.38. The van der Waals surface area contributed by atoms with Crippen LogP contribution in [0.4, 0.5) is 0 Å². The molecule has 0 aliphatic heterocycles. The molecule has 0 atom stereocenters. The van der Waals surface area contributed by atoms with E-state index < -0.39 is 5.91 Å². The molecule has 0 unspecified atom stereocenters. The topological polar surface area (TPSA) is 71.3 Å². The number of nitrogens with one attached hydrogen (secondary N) is 2. The zero-order valence-corrected chi connectivity index (χ0v) is 16.8. The molecule has 0 saturated carbocycles. The van der Waals surface area contributed by atoms with Crippen LogP contribution in [-0.2, 0) is 11.3 Å². The molecule has 2 aromatic carbocycles. The van der Waals surface area contributed by atoms with Crippen LogP contribution in [0.15, 0.2) is 81.5 Å². The third kappa shape index (κ3) is 5.44. The van der Waals surface area contributed by atoms with Gasteiger partial charge in [-0.1, -0.05) is 45.8 Å². The number of hydrogen-bond donors (Lipinski definition) is 2. The molecule has 5 nitrogen and oxygen atoms in total. The fourth-order valence-electron chi connectivity index (χ4n) is 2.46. The quantitative estimate of drug-likeness (QED) is 0.558. The minimum Gasteiger partial charge on any atom is -0.467 e. The Hall–Kier alpha value is -3.12. The van der Waals surface area contributed by atoms with Gasteiger partial charge in [0.05, 0.1) is 12.8 Å². The summed E-state index contributed by atoms with van der Waals surface area (Å²) < 4.78 is 6.16. The Morgan fingerprint density at radius 3 is 2.39 bits per heavy atom. The molecule has 28 heavy (non-hydrogen) atoms. The smallest absolute Gasteiger partial charge is 0.268 e. The van der Waals surface area contributed by atoms with Crippen molar-refractivity contribution in [1.29, 1.82) is 0 Å². The number of halogens is 1. The van der Waals surface area contributed by atoms with Crippen molar-refractivity contribution in [2.24, 2.45) is 0 Å². The largest absolute Gasteiger partial charge is 0.467 e. The standard InChI is InChI=1S/C22H19BrN2O3/c1-15-4-8-17(9-5-15)21(26)25-20(13-16-6-10-18(23)11-7-16)22(27)24-14-19-3-2-12-28-19/h2-13H,14H2,1H3,(H,24,27)(H,25,26). The van der Waals surface area contributed by atoms with Gasteiger partial charge < -0.3 is 15.1 Å². The van der Waals surface area contributed by atoms with E-state index in [0.717, 1.165) is 15.6 Å². The van der Waals surface area contributed by atoms with Gasteiger partial charge in [0.2, 0.25) is 0 Å². The normalized spacial score (nSPS) is 11.1. The maximum atomic E-state index is 12.7. The third-order valence-electron chi connectivity index (χ3n) is 3.99. The molecule has 0 bridgehead atoms. The van der Waals surface area contributed by atoms with Gasteiger partial charge in [-0.05, 0) is 55.0 Å². The minimum absolute atomic E-state index is 0.152. The Kier molecular flexibility index (Phi) is 6.45. The predicted molar refractivity (Wildman–Crippen MR) is 111 cm³/mol. The molecule has 0 saturated heterocycles. The van der Waals surface area contributed by atoms with Crippen molar-refractivity contribution in [2.45, 2.75) is 13.5 Å². The number of carbonyl (C=O) groups excluding carboxylic acids is 2. The van der Waals surface area contributed by atoms with Crippen LogP contribution < -0.4 is 10.6 Å². The molecule has 1 aromatic heterocycles. The van der Waals surface area contributed by atoms with Gasteiger partial charge >= 0.3 is 0 Å². The summed E-state index contributed by atoms with van der Waals surface area (Å²) in [5, 5.41) is 5.47. The number of rotatable bonds is 6. The summed E-state index contributed by atoms with van der Waals surface area (Å²) in [7, 11) is 0. The number of furan rings is 1. The zero-order chi connectivity index (χ0) is 19.9. The van der Waals surface area contributed by atoms with E-state index in [9.17, 15) is 9.59 Å². The van der Waals surface area contributed by atoms with Crippen LogP contribution in [0.1, 0.15) is 27.2 Å². The Morgan fingerprint density at radius 2 is 1.75 bits per heavy atom. The van der Waals surface area contributed by atoms with E-state index in [2.05, 4.69) is 26.6 Å². The molecule has 142 valence electrons. The third-order valence-corrected chi connectivity index (χ3v) is 4.52. The number of hydrogen-bond acceptors (Lipinski definition) is 3. The maximum Gasteiger partial charge on any atom is 0.268 e. The Bertz CT molecular complexity index is 976. The number of amides is 2. The van der Waals surface area contributed by atoms with Gasteiger partial charge in [-0.2, -0.15) is 0 Å². The van der Waals surface area contributed by atoms with Crippen molar-refractivity contribution < 1.29 is 14.0 Å². The van der Waals surface area contributed by atoms with E-state index in [-0.39, 0.29) is 18.1 Å². The maximum absolute atomic E-state index is 12.7. The first-order valence-electron chi connectivity index (χ1n) is 8.67. The summed E-state index contributed by atoms with van der Waals surface area (Å²) in [4.78, 5) is 25.3. The fraction of sp³-hybridized carbons (Fsp3) is 0.0909. The molecule has 0 radical (unpaired) electrons. The molecular formula is C22H19BrN2O3. The highest BCUT2D eigenvalue weighted by molar-refractivity contribution is 9.10. The van der Waals surface area contributed by atoms with Crippen LogP contribution in [0.5, 0.6) is 0 Å². The highest BCUT2D eigenvalue weighted by Gasteiger charge is 2.15. The van der Waals surface area contributed by atoms with Crippen LogP contribution in [0.3, 0.4) is 0 Å². The first kappa shape index (κ1) is 19.6. The monoisotopic (exact) mass is 438 g/mol. The van der Waals surface area contributed by atoms with Crippen molar-refractivity contribution in [2.75, 3.05) is 0 Å². The first-order chi connectivity index (χ1) is 13.5. The van der Waals surface area contributed by atoms with Crippen LogP contribution in [-0.4, -0.2) is 11.8 Å². The van der Waals surface area contributed by atoms with Gasteiger partial charge in [0.15, 0.2) is 0 Å². The average Bonchev–Trinajstić information content (AvgIpc) is 3.21. The lowest BCUT2D eigenvalue weighted by Gasteiger charge is -2.11. The highest BCUT2D eigenvalue weighted by atomic mass is 79.9. The van der Waals surface area contributed by atoms with Crippen molar-refractivity contribution in [1.82, 2.24) is 10.6 Å². The van der Waals surface area contributed by atoms with Crippen LogP contribution >= 0.6 is 15.9 Å². The number of aryl methyl sites for hydroxylation is 1. The van der Waals surface area contributed by atoms with Gasteiger partial charge in [-0.25, -0.2) is 0 Å². The van der Waals surface area contributed by atoms with Crippen LogP contribution in [0.2, 0.25) is 0 Å².